The second kappa shape index (κ2) is 3.72. The Balaban J connectivity index is 3.14. The third-order valence-corrected chi connectivity index (χ3v) is 3.84. The van der Waals surface area contributed by atoms with Gasteiger partial charge < -0.3 is 4.74 Å². The summed E-state index contributed by atoms with van der Waals surface area (Å²) in [5.74, 6) is 0. The van der Waals surface area contributed by atoms with E-state index in [2.05, 4.69) is 0 Å². The molecule has 0 heterocycles. The molecule has 0 N–H and O–H groups in total. The van der Waals surface area contributed by atoms with Crippen LogP contribution in [-0.2, 0) is 4.74 Å². The summed E-state index contributed by atoms with van der Waals surface area (Å²) in [7, 11) is 0.0641. The lowest BCUT2D eigenvalue weighted by molar-refractivity contribution is 0.179. The number of rotatable bonds is 2. The zero-order chi connectivity index (χ0) is 5.86. The van der Waals surface area contributed by atoms with E-state index in [1.165, 1.54) is 0 Å². The van der Waals surface area contributed by atoms with E-state index in [9.17, 15) is 0 Å². The SMILES string of the molecule is COC(C)[SiH](Cl)Cl. The highest BCUT2D eigenvalue weighted by Gasteiger charge is 2.10. The van der Waals surface area contributed by atoms with E-state index in [1.807, 2.05) is 6.92 Å². The summed E-state index contributed by atoms with van der Waals surface area (Å²) < 4.78 is 4.81. The highest BCUT2D eigenvalue weighted by Crippen LogP contribution is 2.03. The molecule has 4 heteroatoms. The van der Waals surface area contributed by atoms with Crippen molar-refractivity contribution in [1.82, 2.24) is 0 Å². The van der Waals surface area contributed by atoms with Gasteiger partial charge in [-0.3, -0.25) is 0 Å². The van der Waals surface area contributed by atoms with Gasteiger partial charge >= 0.3 is 0 Å². The van der Waals surface area contributed by atoms with Crippen LogP contribution in [0.5, 0.6) is 0 Å². The third-order valence-electron chi connectivity index (χ3n) is 0.727. The van der Waals surface area contributed by atoms with Crippen molar-refractivity contribution in [3.8, 4) is 0 Å². The van der Waals surface area contributed by atoms with E-state index in [4.69, 9.17) is 26.9 Å². The average molecular weight is 159 g/mol. The molecule has 44 valence electrons. The van der Waals surface area contributed by atoms with Crippen LogP contribution in [-0.4, -0.2) is 20.3 Å². The fourth-order valence-electron chi connectivity index (χ4n) is 0.103. The van der Waals surface area contributed by atoms with Crippen LogP contribution in [0.1, 0.15) is 6.92 Å². The minimum Gasteiger partial charge on any atom is -0.382 e. The van der Waals surface area contributed by atoms with Crippen molar-refractivity contribution in [2.45, 2.75) is 12.7 Å². The molecule has 1 atom stereocenters. The van der Waals surface area contributed by atoms with Gasteiger partial charge in [0.15, 0.2) is 0 Å². The van der Waals surface area contributed by atoms with Crippen LogP contribution >= 0.6 is 22.2 Å². The van der Waals surface area contributed by atoms with Crippen LogP contribution in [0.4, 0.5) is 0 Å². The maximum Gasteiger partial charge on any atom is 0.264 e. The Morgan fingerprint density at radius 3 is 2.00 bits per heavy atom. The molecule has 0 aliphatic rings. The monoisotopic (exact) mass is 158 g/mol. The molecule has 0 rings (SSSR count). The summed E-state index contributed by atoms with van der Waals surface area (Å²) in [6.07, 6.45) is 0. The van der Waals surface area contributed by atoms with Gasteiger partial charge in [0.25, 0.3) is 7.42 Å². The van der Waals surface area contributed by atoms with Gasteiger partial charge in [-0.2, -0.15) is 0 Å². The van der Waals surface area contributed by atoms with E-state index < -0.39 is 7.42 Å². The lowest BCUT2D eigenvalue weighted by Crippen LogP contribution is -2.17. The van der Waals surface area contributed by atoms with Crippen LogP contribution in [0.15, 0.2) is 0 Å². The Morgan fingerprint density at radius 1 is 1.57 bits per heavy atom. The molecular formula is C3H8Cl2OSi. The van der Waals surface area contributed by atoms with Crippen LogP contribution in [0, 0.1) is 0 Å². The Hall–Kier alpha value is 0.757. The van der Waals surface area contributed by atoms with Crippen molar-refractivity contribution < 1.29 is 4.74 Å². The molecule has 0 aromatic carbocycles. The summed E-state index contributed by atoms with van der Waals surface area (Å²) in [4.78, 5) is 0. The largest absolute Gasteiger partial charge is 0.382 e. The summed E-state index contributed by atoms with van der Waals surface area (Å²) in [6.45, 7) is 1.87. The Bertz CT molecular complexity index is 50.2. The fourth-order valence-corrected chi connectivity index (χ4v) is 0.926. The molecule has 0 fully saturated rings. The van der Waals surface area contributed by atoms with Crippen LogP contribution in [0.3, 0.4) is 0 Å². The van der Waals surface area contributed by atoms with Crippen molar-refractivity contribution in [2.24, 2.45) is 0 Å². The van der Waals surface area contributed by atoms with E-state index in [0.29, 0.717) is 0 Å². The topological polar surface area (TPSA) is 9.23 Å². The first-order valence-corrected chi connectivity index (χ1v) is 6.15. The van der Waals surface area contributed by atoms with E-state index >= 15 is 0 Å². The number of halogens is 2. The van der Waals surface area contributed by atoms with Gasteiger partial charge in [-0.05, 0) is 6.92 Å². The predicted octanol–water partition coefficient (Wildman–Crippen LogP) is 1.26. The highest BCUT2D eigenvalue weighted by molar-refractivity contribution is 7.34. The van der Waals surface area contributed by atoms with Gasteiger partial charge in [-0.25, -0.2) is 0 Å². The van der Waals surface area contributed by atoms with Gasteiger partial charge in [0.05, 0.1) is 5.73 Å². The Morgan fingerprint density at radius 2 is 2.00 bits per heavy atom. The smallest absolute Gasteiger partial charge is 0.264 e. The molecule has 0 radical (unpaired) electrons. The number of hydrogen-bond acceptors (Lipinski definition) is 1. The molecule has 0 aromatic rings. The lowest BCUT2D eigenvalue weighted by atomic mass is 10.9. The van der Waals surface area contributed by atoms with Crippen molar-refractivity contribution in [3.63, 3.8) is 0 Å². The summed E-state index contributed by atoms with van der Waals surface area (Å²) >= 11 is 11.0. The lowest BCUT2D eigenvalue weighted by Gasteiger charge is -2.05. The second-order valence-corrected chi connectivity index (χ2v) is 6.37. The molecule has 0 aromatic heterocycles. The Labute approximate surface area is 54.6 Å². The van der Waals surface area contributed by atoms with Crippen molar-refractivity contribution in [2.75, 3.05) is 7.11 Å². The van der Waals surface area contributed by atoms with Crippen LogP contribution in [0.25, 0.3) is 0 Å². The van der Waals surface area contributed by atoms with E-state index in [1.54, 1.807) is 7.11 Å². The van der Waals surface area contributed by atoms with Crippen molar-refractivity contribution in [1.29, 1.82) is 0 Å². The minimum atomic E-state index is -1.54. The second-order valence-electron chi connectivity index (χ2n) is 1.28. The maximum atomic E-state index is 5.51. The molecule has 0 saturated carbocycles. The van der Waals surface area contributed by atoms with Gasteiger partial charge in [-0.1, -0.05) is 0 Å². The molecule has 1 unspecified atom stereocenters. The average Bonchev–Trinajstić information content (AvgIpc) is 1.65. The van der Waals surface area contributed by atoms with Crippen LogP contribution in [0.2, 0.25) is 0 Å². The standard InChI is InChI=1S/C3H8Cl2OSi/c1-3(6-2)7(4)5/h3,7H,1-2H3. The summed E-state index contributed by atoms with van der Waals surface area (Å²) in [5.41, 5.74) is 0.0725. The molecule has 0 spiro atoms. The molecule has 0 bridgehead atoms. The summed E-state index contributed by atoms with van der Waals surface area (Å²) in [5, 5.41) is 0. The molecule has 0 aliphatic heterocycles. The zero-order valence-electron chi connectivity index (χ0n) is 4.32. The molecule has 0 amide bonds. The van der Waals surface area contributed by atoms with Crippen molar-refractivity contribution >= 4 is 29.6 Å². The molecule has 7 heavy (non-hydrogen) atoms. The number of ether oxygens (including phenoxy) is 1. The maximum absolute atomic E-state index is 5.51. The Kier molecular flexibility index (Phi) is 4.12. The number of hydrogen-bond donors (Lipinski definition) is 0. The van der Waals surface area contributed by atoms with Gasteiger partial charge in [-0.15, -0.1) is 22.2 Å². The molecular weight excluding hydrogens is 151 g/mol. The van der Waals surface area contributed by atoms with E-state index in [0.717, 1.165) is 0 Å². The third kappa shape index (κ3) is 3.35. The first-order chi connectivity index (χ1) is 3.18. The first-order valence-electron chi connectivity index (χ1n) is 1.99. The highest BCUT2D eigenvalue weighted by atomic mass is 35.7. The van der Waals surface area contributed by atoms with Crippen molar-refractivity contribution in [3.05, 3.63) is 0 Å². The fraction of sp³-hybridized carbons (Fsp3) is 1.00. The minimum absolute atomic E-state index is 0.0725. The van der Waals surface area contributed by atoms with Gasteiger partial charge in [0.2, 0.25) is 0 Å². The number of methoxy groups -OCH3 is 1. The zero-order valence-corrected chi connectivity index (χ0v) is 6.99. The first kappa shape index (κ1) is 7.76. The normalized spacial score (nSPS) is 15.0. The summed E-state index contributed by atoms with van der Waals surface area (Å²) in [6, 6.07) is 0. The van der Waals surface area contributed by atoms with E-state index in [-0.39, 0.29) is 5.73 Å². The quantitative estimate of drug-likeness (QED) is 0.435. The van der Waals surface area contributed by atoms with Crippen LogP contribution < -0.4 is 0 Å². The predicted molar refractivity (Wildman–Crippen MR) is 35.3 cm³/mol. The molecule has 0 aliphatic carbocycles. The molecule has 0 saturated heterocycles. The molecule has 1 nitrogen and oxygen atoms in total. The van der Waals surface area contributed by atoms with Gasteiger partial charge in [0, 0.05) is 7.11 Å². The van der Waals surface area contributed by atoms with Gasteiger partial charge in [0.1, 0.15) is 0 Å².